The average Bonchev–Trinajstić information content (AvgIpc) is 3.42. The van der Waals surface area contributed by atoms with Crippen LogP contribution < -0.4 is 4.90 Å². The number of carbonyl (C=O) groups excluding carboxylic acids is 4. The second-order valence-corrected chi connectivity index (χ2v) is 11.2. The van der Waals surface area contributed by atoms with Crippen molar-refractivity contribution in [1.82, 2.24) is 10.0 Å². The van der Waals surface area contributed by atoms with E-state index in [4.69, 9.17) is 9.47 Å². The summed E-state index contributed by atoms with van der Waals surface area (Å²) in [6.07, 6.45) is -0.645. The van der Waals surface area contributed by atoms with Crippen molar-refractivity contribution in [2.75, 3.05) is 18.1 Å². The van der Waals surface area contributed by atoms with E-state index in [1.54, 1.807) is 57.0 Å². The molecule has 0 bridgehead atoms. The molecule has 0 radical (unpaired) electrons. The van der Waals surface area contributed by atoms with Crippen LogP contribution in [0, 0.1) is 0 Å². The average molecular weight is 570 g/mol. The van der Waals surface area contributed by atoms with E-state index in [9.17, 15) is 19.2 Å². The van der Waals surface area contributed by atoms with E-state index >= 15 is 0 Å². The van der Waals surface area contributed by atoms with Gasteiger partial charge in [-0.1, -0.05) is 46.3 Å². The molecule has 37 heavy (non-hydrogen) atoms. The molecule has 3 atom stereocenters. The maximum Gasteiger partial charge on any atom is 0.421 e. The topological polar surface area (TPSA) is 96.5 Å². The van der Waals surface area contributed by atoms with E-state index in [0.717, 1.165) is 14.9 Å². The quantitative estimate of drug-likeness (QED) is 0.513. The molecule has 2 saturated heterocycles. The summed E-state index contributed by atoms with van der Waals surface area (Å²) < 4.78 is 11.9. The molecule has 1 spiro atoms. The highest BCUT2D eigenvalue weighted by atomic mass is 79.9. The number of carbonyl (C=O) groups is 4. The number of amides is 3. The first-order valence-electron chi connectivity index (χ1n) is 12.2. The van der Waals surface area contributed by atoms with Gasteiger partial charge in [-0.25, -0.2) is 19.5 Å². The molecule has 0 aliphatic carbocycles. The minimum atomic E-state index is -1.64. The minimum absolute atomic E-state index is 0.0701. The van der Waals surface area contributed by atoms with E-state index in [2.05, 4.69) is 15.9 Å². The van der Waals surface area contributed by atoms with Gasteiger partial charge in [0, 0.05) is 17.4 Å². The molecule has 3 aliphatic heterocycles. The lowest BCUT2D eigenvalue weighted by atomic mass is 9.68. The smallest absolute Gasteiger partial charge is 0.421 e. The first-order chi connectivity index (χ1) is 17.5. The summed E-state index contributed by atoms with van der Waals surface area (Å²) in [7, 11) is 0. The molecule has 3 amide bonds. The number of hydrazine groups is 1. The predicted molar refractivity (Wildman–Crippen MR) is 137 cm³/mol. The zero-order valence-corrected chi connectivity index (χ0v) is 22.6. The van der Waals surface area contributed by atoms with Crippen LogP contribution in [0.3, 0.4) is 0 Å². The first kappa shape index (κ1) is 25.4. The molecule has 10 heteroatoms. The third kappa shape index (κ3) is 3.76. The Morgan fingerprint density at radius 2 is 1.84 bits per heavy atom. The Kier molecular flexibility index (Phi) is 6.15. The number of esters is 1. The van der Waals surface area contributed by atoms with Gasteiger partial charge in [0.1, 0.15) is 11.0 Å². The Hall–Kier alpha value is -3.24. The Morgan fingerprint density at radius 1 is 1.11 bits per heavy atom. The SMILES string of the molecule is CCOC(=O)[C@@H]1N2C(=O)CCN2[C@@H](c2cccc(Br)c2)[C@@]12C(=O)N(C(=O)OC(C)(C)C)c1ccccc12. The molecular weight excluding hydrogens is 542 g/mol. The molecule has 3 heterocycles. The van der Waals surface area contributed by atoms with Gasteiger partial charge in [-0.15, -0.1) is 0 Å². The number of benzene rings is 2. The molecule has 2 fully saturated rings. The maximum absolute atomic E-state index is 14.7. The van der Waals surface area contributed by atoms with Crippen molar-refractivity contribution < 1.29 is 28.7 Å². The van der Waals surface area contributed by atoms with Crippen molar-refractivity contribution in [3.63, 3.8) is 0 Å². The molecule has 0 saturated carbocycles. The van der Waals surface area contributed by atoms with Gasteiger partial charge in [-0.2, -0.15) is 0 Å². The highest BCUT2D eigenvalue weighted by Gasteiger charge is 2.74. The number of hydrogen-bond donors (Lipinski definition) is 0. The lowest BCUT2D eigenvalue weighted by molar-refractivity contribution is -0.160. The molecule has 2 aromatic carbocycles. The molecule has 0 aromatic heterocycles. The fourth-order valence-electron chi connectivity index (χ4n) is 5.76. The van der Waals surface area contributed by atoms with Gasteiger partial charge in [0.25, 0.3) is 5.91 Å². The van der Waals surface area contributed by atoms with Gasteiger partial charge in [0.2, 0.25) is 5.91 Å². The van der Waals surface area contributed by atoms with Crippen LogP contribution in [0.15, 0.2) is 53.0 Å². The van der Waals surface area contributed by atoms with Crippen LogP contribution in [0.4, 0.5) is 10.5 Å². The summed E-state index contributed by atoms with van der Waals surface area (Å²) in [5, 5.41) is 3.15. The van der Waals surface area contributed by atoms with E-state index in [-0.39, 0.29) is 18.9 Å². The van der Waals surface area contributed by atoms with E-state index in [0.29, 0.717) is 17.8 Å². The van der Waals surface area contributed by atoms with Crippen LogP contribution >= 0.6 is 15.9 Å². The fourth-order valence-corrected chi connectivity index (χ4v) is 6.18. The van der Waals surface area contributed by atoms with Gasteiger partial charge >= 0.3 is 12.1 Å². The molecule has 5 rings (SSSR count). The van der Waals surface area contributed by atoms with Crippen LogP contribution in [0.5, 0.6) is 0 Å². The Labute approximate surface area is 223 Å². The zero-order valence-electron chi connectivity index (χ0n) is 21.1. The lowest BCUT2D eigenvalue weighted by Gasteiger charge is -2.34. The van der Waals surface area contributed by atoms with Gasteiger partial charge < -0.3 is 9.47 Å². The monoisotopic (exact) mass is 569 g/mol. The van der Waals surface area contributed by atoms with Gasteiger partial charge in [-0.05, 0) is 57.0 Å². The van der Waals surface area contributed by atoms with Gasteiger partial charge in [-0.3, -0.25) is 14.6 Å². The predicted octanol–water partition coefficient (Wildman–Crippen LogP) is 4.10. The Balaban J connectivity index is 1.81. The summed E-state index contributed by atoms with van der Waals surface area (Å²) in [5.41, 5.74) is -0.991. The lowest BCUT2D eigenvalue weighted by Crippen LogP contribution is -2.57. The molecule has 9 nitrogen and oxygen atoms in total. The summed E-state index contributed by atoms with van der Waals surface area (Å²) >= 11 is 3.51. The molecule has 3 aliphatic rings. The minimum Gasteiger partial charge on any atom is -0.464 e. The van der Waals surface area contributed by atoms with Crippen LogP contribution in [0.25, 0.3) is 0 Å². The third-order valence-electron chi connectivity index (χ3n) is 6.89. The summed E-state index contributed by atoms with van der Waals surface area (Å²) in [4.78, 5) is 56.0. The van der Waals surface area contributed by atoms with Crippen molar-refractivity contribution in [2.24, 2.45) is 0 Å². The van der Waals surface area contributed by atoms with Crippen LogP contribution in [0.2, 0.25) is 0 Å². The highest BCUT2D eigenvalue weighted by molar-refractivity contribution is 9.10. The van der Waals surface area contributed by atoms with E-state index in [1.807, 2.05) is 24.3 Å². The van der Waals surface area contributed by atoms with Gasteiger partial charge in [0.15, 0.2) is 6.04 Å². The number of nitrogens with zero attached hydrogens (tertiary/aromatic N) is 3. The van der Waals surface area contributed by atoms with Crippen molar-refractivity contribution in [1.29, 1.82) is 0 Å². The zero-order chi connectivity index (χ0) is 26.7. The number of para-hydroxylation sites is 1. The second-order valence-electron chi connectivity index (χ2n) is 10.3. The Bertz CT molecular complexity index is 1310. The number of anilines is 1. The van der Waals surface area contributed by atoms with Crippen molar-refractivity contribution >= 4 is 45.5 Å². The number of imide groups is 1. The maximum atomic E-state index is 14.7. The number of halogens is 1. The van der Waals surface area contributed by atoms with Crippen LogP contribution in [-0.2, 0) is 29.3 Å². The van der Waals surface area contributed by atoms with E-state index < -0.39 is 41.1 Å². The second kappa shape index (κ2) is 8.95. The van der Waals surface area contributed by atoms with Crippen molar-refractivity contribution in [3.05, 3.63) is 64.1 Å². The largest absolute Gasteiger partial charge is 0.464 e. The number of fused-ring (bicyclic) bond motifs is 3. The van der Waals surface area contributed by atoms with Crippen LogP contribution in [0.1, 0.15) is 51.3 Å². The fraction of sp³-hybridized carbons (Fsp3) is 0.407. The third-order valence-corrected chi connectivity index (χ3v) is 7.38. The van der Waals surface area contributed by atoms with E-state index in [1.165, 1.54) is 5.01 Å². The van der Waals surface area contributed by atoms with Gasteiger partial charge in [0.05, 0.1) is 18.3 Å². The Morgan fingerprint density at radius 3 is 2.51 bits per heavy atom. The molecule has 0 unspecified atom stereocenters. The number of rotatable bonds is 3. The van der Waals surface area contributed by atoms with Crippen LogP contribution in [-0.4, -0.2) is 58.7 Å². The van der Waals surface area contributed by atoms with Crippen molar-refractivity contribution in [3.8, 4) is 0 Å². The molecule has 194 valence electrons. The first-order valence-corrected chi connectivity index (χ1v) is 13.0. The molecule has 2 aromatic rings. The standard InChI is InChI=1S/C27H28BrN3O6/c1-5-36-23(33)22-27(21(16-9-8-10-17(28)15-16)29-14-13-20(32)31(22)29)18-11-6-7-12-19(18)30(24(27)34)25(35)37-26(2,3)4/h6-12,15,21-22H,5,13-14H2,1-4H3/t21-,22-,27+/m0/s1. The summed E-state index contributed by atoms with van der Waals surface area (Å²) in [6.45, 7) is 7.21. The van der Waals surface area contributed by atoms with Crippen molar-refractivity contribution in [2.45, 2.75) is 57.2 Å². The molecular formula is C27H28BrN3O6. The summed E-state index contributed by atoms with van der Waals surface area (Å²) in [6, 6.07) is 12.2. The highest BCUT2D eigenvalue weighted by Crippen LogP contribution is 2.60. The number of hydrogen-bond acceptors (Lipinski definition) is 7. The number of ether oxygens (including phenoxy) is 2. The normalized spacial score (nSPS) is 25.0. The molecule has 0 N–H and O–H groups in total. The summed E-state index contributed by atoms with van der Waals surface area (Å²) in [5.74, 6) is -1.61.